The van der Waals surface area contributed by atoms with Gasteiger partial charge in [-0.05, 0) is 4.57 Å². The molecule has 1 rings (SSSR count). The number of hydrogen-bond acceptors (Lipinski definition) is 4. The largest absolute Gasteiger partial charge is 1.00 e. The van der Waals surface area contributed by atoms with Gasteiger partial charge >= 0.3 is 37.8 Å². The molecule has 68 valence electrons. The summed E-state index contributed by atoms with van der Waals surface area (Å²) in [5.41, 5.74) is 0. The maximum Gasteiger partial charge on any atom is 1.00 e. The molecule has 0 bridgehead atoms. The Kier molecular flexibility index (Phi) is 22.4. The van der Waals surface area contributed by atoms with Gasteiger partial charge in [0.15, 0.2) is 0 Å². The van der Waals surface area contributed by atoms with Crippen LogP contribution in [0.3, 0.4) is 0 Å². The van der Waals surface area contributed by atoms with Gasteiger partial charge in [0, 0.05) is 13.1 Å². The van der Waals surface area contributed by atoms with E-state index in [0.29, 0.717) is 0 Å². The van der Waals surface area contributed by atoms with Gasteiger partial charge in [-0.2, -0.15) is 4.89 Å². The van der Waals surface area contributed by atoms with Crippen LogP contribution in [0.1, 0.15) is 0 Å². The predicted molar refractivity (Wildman–Crippen MR) is 37.1 cm³/mol. The average Bonchev–Trinajstić information content (AvgIpc) is 1.90. The van der Waals surface area contributed by atoms with Crippen LogP contribution in [0, 0.1) is 0 Å². The molecule has 1 saturated heterocycles. The van der Waals surface area contributed by atoms with Crippen LogP contribution in [0.2, 0.25) is 0 Å². The molecule has 0 saturated carbocycles. The van der Waals surface area contributed by atoms with E-state index in [1.54, 1.807) is 0 Å². The molecule has 1 unspecified atom stereocenters. The SMILES string of the molecule is C1COCCN1.O.O=[P+]([O-])O.[Na+]. The van der Waals surface area contributed by atoms with Crippen LogP contribution in [0.15, 0.2) is 0 Å². The van der Waals surface area contributed by atoms with E-state index in [2.05, 4.69) is 5.32 Å². The Morgan fingerprint density at radius 1 is 1.42 bits per heavy atom. The normalized spacial score (nSPS) is 15.7. The minimum Gasteiger partial charge on any atom is -0.567 e. The van der Waals surface area contributed by atoms with E-state index in [9.17, 15) is 0 Å². The number of rotatable bonds is 0. The molecule has 1 aliphatic rings. The minimum atomic E-state index is -3.12. The van der Waals surface area contributed by atoms with Crippen LogP contribution in [0.5, 0.6) is 0 Å². The summed E-state index contributed by atoms with van der Waals surface area (Å²) in [7, 11) is -3.12. The van der Waals surface area contributed by atoms with Gasteiger partial charge in [-0.1, -0.05) is 0 Å². The summed E-state index contributed by atoms with van der Waals surface area (Å²) in [6.45, 7) is 3.83. The van der Waals surface area contributed by atoms with Crippen molar-refractivity contribution in [3.8, 4) is 0 Å². The summed E-state index contributed by atoms with van der Waals surface area (Å²) in [5.74, 6) is 0. The number of morpholine rings is 1. The number of hydrogen-bond donors (Lipinski definition) is 2. The predicted octanol–water partition coefficient (Wildman–Crippen LogP) is -5.22. The van der Waals surface area contributed by atoms with E-state index < -0.39 is 8.25 Å². The maximum atomic E-state index is 8.59. The molecule has 0 aromatic carbocycles. The van der Waals surface area contributed by atoms with Gasteiger partial charge in [0.05, 0.1) is 13.2 Å². The summed E-state index contributed by atoms with van der Waals surface area (Å²) < 4.78 is 13.6. The first-order valence-electron chi connectivity index (χ1n) is 2.85. The molecule has 1 fully saturated rings. The quantitative estimate of drug-likeness (QED) is 0.305. The van der Waals surface area contributed by atoms with E-state index in [0.717, 1.165) is 26.3 Å². The molecule has 0 aromatic heterocycles. The first kappa shape index (κ1) is 18.6. The van der Waals surface area contributed by atoms with E-state index >= 15 is 0 Å². The zero-order valence-corrected chi connectivity index (χ0v) is 9.84. The Bertz CT molecular complexity index is 85.9. The van der Waals surface area contributed by atoms with Crippen LogP contribution >= 0.6 is 8.25 Å². The molecule has 8 heteroatoms. The van der Waals surface area contributed by atoms with Gasteiger partial charge in [-0.3, -0.25) is 0 Å². The topological polar surface area (TPSA) is 113 Å². The van der Waals surface area contributed by atoms with Crippen LogP contribution in [0.25, 0.3) is 0 Å². The van der Waals surface area contributed by atoms with Crippen LogP contribution in [-0.2, 0) is 9.30 Å². The Morgan fingerprint density at radius 3 is 1.83 bits per heavy atom. The first-order chi connectivity index (χ1) is 4.73. The molecule has 0 spiro atoms. The molecule has 12 heavy (non-hydrogen) atoms. The van der Waals surface area contributed by atoms with E-state index in [4.69, 9.17) is 19.1 Å². The van der Waals surface area contributed by atoms with Crippen molar-refractivity contribution in [2.75, 3.05) is 26.3 Å². The number of nitrogens with one attached hydrogen (secondary N) is 1. The molecule has 0 radical (unpaired) electrons. The van der Waals surface area contributed by atoms with Crippen molar-refractivity contribution >= 4 is 8.25 Å². The summed E-state index contributed by atoms with van der Waals surface area (Å²) in [5, 5.41) is 3.16. The van der Waals surface area contributed by atoms with Crippen molar-refractivity contribution in [1.29, 1.82) is 0 Å². The Labute approximate surface area is 93.9 Å². The summed E-state index contributed by atoms with van der Waals surface area (Å²) >= 11 is 0. The second kappa shape index (κ2) is 14.4. The van der Waals surface area contributed by atoms with E-state index in [1.807, 2.05) is 0 Å². The Hall–Kier alpha value is 0.900. The van der Waals surface area contributed by atoms with E-state index in [1.165, 1.54) is 0 Å². The second-order valence-corrected chi connectivity index (χ2v) is 2.08. The molecule has 1 aliphatic heterocycles. The standard InChI is InChI=1S/C4H9NO.Na.HO3P.H2O/c1-3-6-4-2-5-1;;1-4(2)3;/h5H,1-4H2;;(H,1,2,3);1H2/q;+1;;. The molecule has 0 aliphatic carbocycles. The summed E-state index contributed by atoms with van der Waals surface area (Å²) in [4.78, 5) is 15.6. The second-order valence-electron chi connectivity index (χ2n) is 1.60. The summed E-state index contributed by atoms with van der Waals surface area (Å²) in [6, 6.07) is 0. The zero-order valence-electron chi connectivity index (χ0n) is 6.95. The van der Waals surface area contributed by atoms with Gasteiger partial charge in [0.25, 0.3) is 0 Å². The van der Waals surface area contributed by atoms with Crippen molar-refractivity contribution in [3.05, 3.63) is 0 Å². The fourth-order valence-corrected chi connectivity index (χ4v) is 0.516. The van der Waals surface area contributed by atoms with Gasteiger partial charge in [0.2, 0.25) is 0 Å². The molecule has 0 aromatic rings. The third kappa shape index (κ3) is 22.4. The third-order valence-corrected chi connectivity index (χ3v) is 0.846. The Balaban J connectivity index is -0.000000124. The van der Waals surface area contributed by atoms with Crippen molar-refractivity contribution in [2.45, 2.75) is 0 Å². The van der Waals surface area contributed by atoms with Crippen LogP contribution in [0.4, 0.5) is 0 Å². The fraction of sp³-hybridized carbons (Fsp3) is 1.00. The Morgan fingerprint density at radius 2 is 1.75 bits per heavy atom. The molecule has 1 heterocycles. The van der Waals surface area contributed by atoms with Crippen molar-refractivity contribution in [2.24, 2.45) is 0 Å². The van der Waals surface area contributed by atoms with Gasteiger partial charge in [-0.15, -0.1) is 0 Å². The molecular weight excluding hydrogens is 196 g/mol. The molecule has 6 nitrogen and oxygen atoms in total. The first-order valence-corrected chi connectivity index (χ1v) is 3.98. The minimum absolute atomic E-state index is 0. The third-order valence-electron chi connectivity index (χ3n) is 0.846. The molecule has 0 amide bonds. The van der Waals surface area contributed by atoms with Crippen molar-refractivity contribution in [3.63, 3.8) is 0 Å². The van der Waals surface area contributed by atoms with Crippen LogP contribution < -0.4 is 39.8 Å². The monoisotopic (exact) mass is 208 g/mol. The van der Waals surface area contributed by atoms with Crippen LogP contribution in [-0.4, -0.2) is 36.7 Å². The zero-order chi connectivity index (χ0) is 7.82. The molecule has 4 N–H and O–H groups in total. The van der Waals surface area contributed by atoms with Gasteiger partial charge in [-0.25, -0.2) is 0 Å². The smallest absolute Gasteiger partial charge is 0.567 e. The fourth-order valence-electron chi connectivity index (χ4n) is 0.516. The van der Waals surface area contributed by atoms with Crippen molar-refractivity contribution in [1.82, 2.24) is 5.32 Å². The van der Waals surface area contributed by atoms with E-state index in [-0.39, 0.29) is 35.0 Å². The average molecular weight is 208 g/mol. The maximum absolute atomic E-state index is 8.59. The molecule has 1 atom stereocenters. The molecular formula is C4H12NNaO5P+. The van der Waals surface area contributed by atoms with Crippen molar-refractivity contribution < 1.29 is 54.1 Å². The van der Waals surface area contributed by atoms with Gasteiger partial charge < -0.3 is 20.4 Å². The summed E-state index contributed by atoms with van der Waals surface area (Å²) in [6.07, 6.45) is 0. The van der Waals surface area contributed by atoms with Gasteiger partial charge in [0.1, 0.15) is 0 Å². The number of ether oxygens (including phenoxy) is 1.